The average molecular weight is 204 g/mol. The fourth-order valence-electron chi connectivity index (χ4n) is 0.506. The molecular weight excluding hydrogens is 199 g/mol. The molecule has 0 radical (unpaired) electrons. The molecule has 7 heavy (non-hydrogen) atoms. The first-order valence-electron chi connectivity index (χ1n) is 2.14. The Balaban J connectivity index is 2.29. The van der Waals surface area contributed by atoms with Gasteiger partial charge < -0.3 is 0 Å². The lowest BCUT2D eigenvalue weighted by Crippen LogP contribution is -2.39. The van der Waals surface area contributed by atoms with Crippen LogP contribution in [0.1, 0.15) is 6.42 Å². The van der Waals surface area contributed by atoms with Crippen molar-refractivity contribution in [2.75, 3.05) is 0 Å². The van der Waals surface area contributed by atoms with Crippen molar-refractivity contribution in [3.05, 3.63) is 0 Å². The molecule has 0 bridgehead atoms. The second kappa shape index (κ2) is 2.12. The van der Waals surface area contributed by atoms with Crippen LogP contribution in [-0.2, 0) is 0 Å². The Morgan fingerprint density at radius 1 is 1.43 bits per heavy atom. The van der Waals surface area contributed by atoms with Crippen LogP contribution in [0, 0.1) is 0 Å². The molecule has 3 unspecified atom stereocenters. The van der Waals surface area contributed by atoms with E-state index in [0.717, 1.165) is 6.42 Å². The van der Waals surface area contributed by atoms with E-state index in [0.29, 0.717) is 4.83 Å². The lowest BCUT2D eigenvalue weighted by atomic mass is 9.99. The Bertz CT molecular complexity index is 68.1. The monoisotopic (exact) mass is 202 g/mol. The van der Waals surface area contributed by atoms with Crippen molar-refractivity contribution in [2.45, 2.75) is 22.0 Å². The summed E-state index contributed by atoms with van der Waals surface area (Å²) in [7, 11) is 0. The highest BCUT2D eigenvalue weighted by Gasteiger charge is 2.36. The van der Waals surface area contributed by atoms with Gasteiger partial charge in [0.2, 0.25) is 0 Å². The summed E-state index contributed by atoms with van der Waals surface area (Å²) in [5.74, 6) is 0. The van der Waals surface area contributed by atoms with Crippen molar-refractivity contribution in [2.24, 2.45) is 0 Å². The van der Waals surface area contributed by atoms with Gasteiger partial charge in [-0.05, 0) is 6.42 Å². The zero-order valence-electron chi connectivity index (χ0n) is 3.57. The molecule has 1 rings (SSSR count). The van der Waals surface area contributed by atoms with Crippen molar-refractivity contribution < 1.29 is 0 Å². The van der Waals surface area contributed by atoms with E-state index in [-0.39, 0.29) is 10.8 Å². The molecule has 0 heterocycles. The molecule has 0 nitrogen and oxygen atoms in total. The Hall–Kier alpha value is 1.06. The minimum atomic E-state index is 0.154. The van der Waals surface area contributed by atoms with E-state index in [9.17, 15) is 0 Å². The Morgan fingerprint density at radius 3 is 2.00 bits per heavy atom. The van der Waals surface area contributed by atoms with E-state index in [4.69, 9.17) is 23.2 Å². The SMILES string of the molecule is ClC1CC(Br)C1Cl. The summed E-state index contributed by atoms with van der Waals surface area (Å²) in [6.07, 6.45) is 1.01. The summed E-state index contributed by atoms with van der Waals surface area (Å²) < 4.78 is 0. The summed E-state index contributed by atoms with van der Waals surface area (Å²) >= 11 is 14.7. The second-order valence-corrected chi connectivity index (χ2v) is 3.95. The molecule has 0 aromatic carbocycles. The van der Waals surface area contributed by atoms with Gasteiger partial charge in [0.15, 0.2) is 0 Å². The molecule has 0 amide bonds. The van der Waals surface area contributed by atoms with Gasteiger partial charge in [-0.25, -0.2) is 0 Å². The molecule has 3 heteroatoms. The highest BCUT2D eigenvalue weighted by atomic mass is 79.9. The molecule has 0 aromatic heterocycles. The molecule has 1 fully saturated rings. The minimum Gasteiger partial charge on any atom is -0.121 e. The lowest BCUT2D eigenvalue weighted by molar-refractivity contribution is 0.551. The van der Waals surface area contributed by atoms with Gasteiger partial charge in [0.05, 0.1) is 10.8 Å². The van der Waals surface area contributed by atoms with Gasteiger partial charge in [-0.3, -0.25) is 0 Å². The van der Waals surface area contributed by atoms with Crippen LogP contribution in [0.3, 0.4) is 0 Å². The van der Waals surface area contributed by atoms with Crippen LogP contribution < -0.4 is 0 Å². The van der Waals surface area contributed by atoms with Crippen LogP contribution in [-0.4, -0.2) is 15.6 Å². The quantitative estimate of drug-likeness (QED) is 0.531. The molecule has 0 aromatic rings. The maximum Gasteiger partial charge on any atom is 0.0625 e. The van der Waals surface area contributed by atoms with Gasteiger partial charge in [0.25, 0.3) is 0 Å². The molecule has 1 aliphatic rings. The first kappa shape index (κ1) is 6.18. The van der Waals surface area contributed by atoms with E-state index < -0.39 is 0 Å². The molecular formula is C4H5BrCl2. The standard InChI is InChI=1S/C4H5BrCl2/c5-2-1-3(6)4(2)7/h2-4H,1H2. The molecule has 1 saturated carbocycles. The minimum absolute atomic E-state index is 0.154. The molecule has 42 valence electrons. The number of rotatable bonds is 0. The Labute approximate surface area is 61.3 Å². The first-order valence-corrected chi connectivity index (χ1v) is 3.93. The van der Waals surface area contributed by atoms with E-state index in [1.807, 2.05) is 0 Å². The number of alkyl halides is 3. The number of halogens is 3. The van der Waals surface area contributed by atoms with Crippen molar-refractivity contribution >= 4 is 39.1 Å². The van der Waals surface area contributed by atoms with Crippen LogP contribution in [0.5, 0.6) is 0 Å². The van der Waals surface area contributed by atoms with E-state index in [2.05, 4.69) is 15.9 Å². The average Bonchev–Trinajstić information content (AvgIpc) is 1.68. The van der Waals surface area contributed by atoms with Crippen LogP contribution in [0.25, 0.3) is 0 Å². The van der Waals surface area contributed by atoms with Crippen LogP contribution in [0.15, 0.2) is 0 Å². The molecule has 1 aliphatic carbocycles. The van der Waals surface area contributed by atoms with Gasteiger partial charge in [0, 0.05) is 4.83 Å². The molecule has 0 saturated heterocycles. The highest BCUT2D eigenvalue weighted by molar-refractivity contribution is 9.09. The third-order valence-corrected chi connectivity index (χ3v) is 3.58. The maximum absolute atomic E-state index is 5.67. The number of hydrogen-bond donors (Lipinski definition) is 0. The summed E-state index contributed by atoms with van der Waals surface area (Å²) in [6, 6.07) is 0. The third kappa shape index (κ3) is 1.06. The zero-order valence-corrected chi connectivity index (χ0v) is 6.67. The van der Waals surface area contributed by atoms with Crippen molar-refractivity contribution in [3.63, 3.8) is 0 Å². The van der Waals surface area contributed by atoms with Crippen LogP contribution >= 0.6 is 39.1 Å². The Kier molecular flexibility index (Phi) is 1.87. The summed E-state index contributed by atoms with van der Waals surface area (Å²) in [5.41, 5.74) is 0. The van der Waals surface area contributed by atoms with Crippen LogP contribution in [0.2, 0.25) is 0 Å². The lowest BCUT2D eigenvalue weighted by Gasteiger charge is -2.32. The smallest absolute Gasteiger partial charge is 0.0625 e. The molecule has 3 atom stereocenters. The van der Waals surface area contributed by atoms with Gasteiger partial charge in [-0.1, -0.05) is 15.9 Å². The van der Waals surface area contributed by atoms with E-state index in [1.165, 1.54) is 0 Å². The molecule has 0 aliphatic heterocycles. The fraction of sp³-hybridized carbons (Fsp3) is 1.00. The normalized spacial score (nSPS) is 51.0. The topological polar surface area (TPSA) is 0 Å². The molecule has 0 spiro atoms. The van der Waals surface area contributed by atoms with Gasteiger partial charge in [-0.15, -0.1) is 23.2 Å². The van der Waals surface area contributed by atoms with Crippen molar-refractivity contribution in [3.8, 4) is 0 Å². The predicted molar refractivity (Wildman–Crippen MR) is 36.6 cm³/mol. The fourth-order valence-corrected chi connectivity index (χ4v) is 2.24. The Morgan fingerprint density at radius 2 is 2.00 bits per heavy atom. The van der Waals surface area contributed by atoms with Crippen molar-refractivity contribution in [1.82, 2.24) is 0 Å². The van der Waals surface area contributed by atoms with Gasteiger partial charge in [0.1, 0.15) is 0 Å². The second-order valence-electron chi connectivity index (χ2n) is 1.71. The van der Waals surface area contributed by atoms with Gasteiger partial charge in [-0.2, -0.15) is 0 Å². The van der Waals surface area contributed by atoms with Gasteiger partial charge >= 0.3 is 0 Å². The van der Waals surface area contributed by atoms with E-state index in [1.54, 1.807) is 0 Å². The maximum atomic E-state index is 5.67. The highest BCUT2D eigenvalue weighted by Crippen LogP contribution is 2.36. The third-order valence-electron chi connectivity index (χ3n) is 1.14. The van der Waals surface area contributed by atoms with E-state index >= 15 is 0 Å². The zero-order chi connectivity index (χ0) is 5.44. The summed E-state index contributed by atoms with van der Waals surface area (Å²) in [5, 5.41) is 0.354. The summed E-state index contributed by atoms with van der Waals surface area (Å²) in [4.78, 5) is 0.455. The predicted octanol–water partition coefficient (Wildman–Crippen LogP) is 2.37. The van der Waals surface area contributed by atoms with Crippen molar-refractivity contribution in [1.29, 1.82) is 0 Å². The largest absolute Gasteiger partial charge is 0.121 e. The molecule has 0 N–H and O–H groups in total. The number of hydrogen-bond acceptors (Lipinski definition) is 0. The van der Waals surface area contributed by atoms with Crippen LogP contribution in [0.4, 0.5) is 0 Å². The summed E-state index contributed by atoms with van der Waals surface area (Å²) in [6.45, 7) is 0. The first-order chi connectivity index (χ1) is 3.22.